The van der Waals surface area contributed by atoms with Crippen molar-refractivity contribution in [3.05, 3.63) is 75.9 Å². The fourth-order valence-electron chi connectivity index (χ4n) is 4.22. The maximum atomic E-state index is 12.5. The Bertz CT molecular complexity index is 1210. The van der Waals surface area contributed by atoms with Crippen LogP contribution >= 0.6 is 11.6 Å². The van der Waals surface area contributed by atoms with Gasteiger partial charge in [-0.25, -0.2) is 4.79 Å². The van der Waals surface area contributed by atoms with E-state index in [9.17, 15) is 4.79 Å². The lowest BCUT2D eigenvalue weighted by molar-refractivity contribution is 0.168. The fraction of sp³-hybridized carbons (Fsp3) is 0.273. The minimum Gasteiger partial charge on any atom is -0.408 e. The van der Waals surface area contributed by atoms with Gasteiger partial charge in [-0.3, -0.25) is 14.5 Å². The number of hydrogen-bond acceptors (Lipinski definition) is 4. The summed E-state index contributed by atoms with van der Waals surface area (Å²) in [5.41, 5.74) is 3.64. The summed E-state index contributed by atoms with van der Waals surface area (Å²) < 4.78 is 7.21. The Labute approximate surface area is 167 Å². The molecule has 2 aromatic heterocycles. The highest BCUT2D eigenvalue weighted by atomic mass is 35.5. The summed E-state index contributed by atoms with van der Waals surface area (Å²) in [7, 11) is 0. The van der Waals surface area contributed by atoms with Crippen LogP contribution in [0, 0.1) is 0 Å². The molecule has 0 saturated carbocycles. The molecule has 1 aliphatic heterocycles. The summed E-state index contributed by atoms with van der Waals surface area (Å²) in [5, 5.41) is 1.76. The van der Waals surface area contributed by atoms with Crippen molar-refractivity contribution in [2.45, 2.75) is 25.4 Å². The number of fused-ring (bicyclic) bond motifs is 2. The standard InChI is InChI=1S/C22H20ClN3O2/c23-17-6-8-21-20(12-17)26(22(27)28-21)18-4-2-10-25(14-18)13-15-5-7-19-16(11-15)3-1-9-24-19/h1,3,5-9,11-12,18H,2,4,10,13-14H2. The first-order chi connectivity index (χ1) is 13.7. The molecule has 1 atom stereocenters. The molecule has 0 amide bonds. The molecular formula is C22H20ClN3O2. The highest BCUT2D eigenvalue weighted by molar-refractivity contribution is 6.31. The molecule has 1 unspecified atom stereocenters. The van der Waals surface area contributed by atoms with E-state index in [0.29, 0.717) is 10.6 Å². The van der Waals surface area contributed by atoms with Crippen LogP contribution in [-0.4, -0.2) is 27.5 Å². The summed E-state index contributed by atoms with van der Waals surface area (Å²) in [6.07, 6.45) is 3.81. The number of rotatable bonds is 3. The second-order valence-corrected chi connectivity index (χ2v) is 7.85. The summed E-state index contributed by atoms with van der Waals surface area (Å²) >= 11 is 6.15. The third-order valence-electron chi connectivity index (χ3n) is 5.49. The Morgan fingerprint density at radius 1 is 1.18 bits per heavy atom. The van der Waals surface area contributed by atoms with Crippen LogP contribution in [0.15, 0.2) is 63.9 Å². The minimum absolute atomic E-state index is 0.0862. The van der Waals surface area contributed by atoms with Crippen LogP contribution in [0.25, 0.3) is 22.0 Å². The normalized spacial score (nSPS) is 18.1. The number of piperidine rings is 1. The van der Waals surface area contributed by atoms with Crippen LogP contribution in [0.1, 0.15) is 24.4 Å². The van der Waals surface area contributed by atoms with Crippen molar-refractivity contribution in [3.63, 3.8) is 0 Å². The first-order valence-electron chi connectivity index (χ1n) is 9.54. The predicted octanol–water partition coefficient (Wildman–Crippen LogP) is 4.63. The predicted molar refractivity (Wildman–Crippen MR) is 111 cm³/mol. The second kappa shape index (κ2) is 7.08. The number of halogens is 1. The smallest absolute Gasteiger partial charge is 0.408 e. The molecule has 28 heavy (non-hydrogen) atoms. The third kappa shape index (κ3) is 3.21. The van der Waals surface area contributed by atoms with Crippen molar-refractivity contribution in [1.82, 2.24) is 14.5 Å². The Morgan fingerprint density at radius 2 is 2.11 bits per heavy atom. The van der Waals surface area contributed by atoms with Gasteiger partial charge in [0.2, 0.25) is 0 Å². The zero-order chi connectivity index (χ0) is 19.1. The highest BCUT2D eigenvalue weighted by Crippen LogP contribution is 2.27. The van der Waals surface area contributed by atoms with E-state index in [4.69, 9.17) is 16.0 Å². The van der Waals surface area contributed by atoms with Crippen molar-refractivity contribution in [3.8, 4) is 0 Å². The van der Waals surface area contributed by atoms with Gasteiger partial charge in [0.05, 0.1) is 17.1 Å². The van der Waals surface area contributed by atoms with Gasteiger partial charge in [0.1, 0.15) is 0 Å². The van der Waals surface area contributed by atoms with E-state index < -0.39 is 0 Å². The van der Waals surface area contributed by atoms with Crippen LogP contribution in [0.4, 0.5) is 0 Å². The van der Waals surface area contributed by atoms with Crippen molar-refractivity contribution in [2.24, 2.45) is 0 Å². The molecule has 1 aliphatic rings. The van der Waals surface area contributed by atoms with Gasteiger partial charge >= 0.3 is 5.76 Å². The molecule has 6 heteroatoms. The van der Waals surface area contributed by atoms with E-state index in [0.717, 1.165) is 48.9 Å². The van der Waals surface area contributed by atoms with Crippen molar-refractivity contribution in [2.75, 3.05) is 13.1 Å². The quantitative estimate of drug-likeness (QED) is 0.509. The molecule has 3 heterocycles. The lowest BCUT2D eigenvalue weighted by atomic mass is 10.0. The van der Waals surface area contributed by atoms with Gasteiger partial charge in [0.25, 0.3) is 0 Å². The Kier molecular flexibility index (Phi) is 4.41. The molecule has 0 aliphatic carbocycles. The largest absolute Gasteiger partial charge is 0.420 e. The van der Waals surface area contributed by atoms with Crippen LogP contribution < -0.4 is 5.76 Å². The number of likely N-dealkylation sites (tertiary alicyclic amines) is 1. The maximum Gasteiger partial charge on any atom is 0.420 e. The van der Waals surface area contributed by atoms with E-state index in [-0.39, 0.29) is 11.8 Å². The Hall–Kier alpha value is -2.63. The third-order valence-corrected chi connectivity index (χ3v) is 5.73. The average Bonchev–Trinajstić information content (AvgIpc) is 3.03. The molecule has 0 bridgehead atoms. The number of aromatic nitrogens is 2. The number of nitrogens with zero attached hydrogens (tertiary/aromatic N) is 3. The Balaban J connectivity index is 1.41. The summed E-state index contributed by atoms with van der Waals surface area (Å²) in [6, 6.07) is 15.9. The number of pyridine rings is 1. The summed E-state index contributed by atoms with van der Waals surface area (Å²) in [4.78, 5) is 19.3. The van der Waals surface area contributed by atoms with Crippen LogP contribution in [0.3, 0.4) is 0 Å². The van der Waals surface area contributed by atoms with Gasteiger partial charge in [-0.05, 0) is 61.3 Å². The lowest BCUT2D eigenvalue weighted by Gasteiger charge is -2.33. The van der Waals surface area contributed by atoms with Gasteiger partial charge in [-0.1, -0.05) is 23.7 Å². The van der Waals surface area contributed by atoms with E-state index in [2.05, 4.69) is 34.1 Å². The van der Waals surface area contributed by atoms with Gasteiger partial charge in [0.15, 0.2) is 5.58 Å². The first kappa shape index (κ1) is 17.5. The van der Waals surface area contributed by atoms with E-state index >= 15 is 0 Å². The summed E-state index contributed by atoms with van der Waals surface area (Å²) in [5.74, 6) is -0.305. The number of benzene rings is 2. The molecule has 142 valence electrons. The van der Waals surface area contributed by atoms with Crippen molar-refractivity contribution >= 4 is 33.6 Å². The van der Waals surface area contributed by atoms with E-state index in [1.807, 2.05) is 18.3 Å². The molecule has 0 spiro atoms. The zero-order valence-electron chi connectivity index (χ0n) is 15.3. The topological polar surface area (TPSA) is 51.3 Å². The second-order valence-electron chi connectivity index (χ2n) is 7.41. The van der Waals surface area contributed by atoms with Crippen molar-refractivity contribution in [1.29, 1.82) is 0 Å². The highest BCUT2D eigenvalue weighted by Gasteiger charge is 2.25. The molecule has 5 nitrogen and oxygen atoms in total. The molecule has 0 radical (unpaired) electrons. The summed E-state index contributed by atoms with van der Waals surface area (Å²) in [6.45, 7) is 2.69. The van der Waals surface area contributed by atoms with Crippen LogP contribution in [0.5, 0.6) is 0 Å². The monoisotopic (exact) mass is 393 g/mol. The first-order valence-corrected chi connectivity index (χ1v) is 9.92. The minimum atomic E-state index is -0.305. The lowest BCUT2D eigenvalue weighted by Crippen LogP contribution is -2.38. The molecule has 1 fully saturated rings. The van der Waals surface area contributed by atoms with Gasteiger partial charge in [-0.2, -0.15) is 0 Å². The molecule has 5 rings (SSSR count). The number of hydrogen-bond donors (Lipinski definition) is 0. The molecule has 1 saturated heterocycles. The van der Waals surface area contributed by atoms with E-state index in [1.54, 1.807) is 16.7 Å². The average molecular weight is 394 g/mol. The number of oxazole rings is 1. The maximum absolute atomic E-state index is 12.5. The molecule has 4 aromatic rings. The van der Waals surface area contributed by atoms with Crippen LogP contribution in [0.2, 0.25) is 5.02 Å². The van der Waals surface area contributed by atoms with Gasteiger partial charge in [-0.15, -0.1) is 0 Å². The Morgan fingerprint density at radius 3 is 3.04 bits per heavy atom. The molecule has 2 aromatic carbocycles. The molecular weight excluding hydrogens is 374 g/mol. The van der Waals surface area contributed by atoms with E-state index in [1.165, 1.54) is 5.56 Å². The fourth-order valence-corrected chi connectivity index (χ4v) is 4.39. The zero-order valence-corrected chi connectivity index (χ0v) is 16.1. The van der Waals surface area contributed by atoms with Gasteiger partial charge < -0.3 is 4.42 Å². The SMILES string of the molecule is O=c1oc2ccc(Cl)cc2n1C1CCCN(Cc2ccc3ncccc3c2)C1. The van der Waals surface area contributed by atoms with Crippen LogP contribution in [-0.2, 0) is 6.54 Å². The van der Waals surface area contributed by atoms with Crippen molar-refractivity contribution < 1.29 is 4.42 Å². The molecule has 0 N–H and O–H groups in total. The van der Waals surface area contributed by atoms with Gasteiger partial charge in [0, 0.05) is 29.7 Å².